The van der Waals surface area contributed by atoms with Crippen molar-refractivity contribution >= 4 is 5.91 Å². The second-order valence-corrected chi connectivity index (χ2v) is 5.80. The van der Waals surface area contributed by atoms with E-state index in [2.05, 4.69) is 33.0 Å². The number of rotatable bonds is 5. The van der Waals surface area contributed by atoms with E-state index in [4.69, 9.17) is 10.5 Å². The summed E-state index contributed by atoms with van der Waals surface area (Å²) in [6.45, 7) is 9.79. The number of hydrogen-bond acceptors (Lipinski definition) is 3. The van der Waals surface area contributed by atoms with Crippen LogP contribution in [0.25, 0.3) is 0 Å². The second-order valence-electron chi connectivity index (χ2n) is 5.80. The summed E-state index contributed by atoms with van der Waals surface area (Å²) < 4.78 is 5.78. The van der Waals surface area contributed by atoms with Crippen molar-refractivity contribution in [2.75, 3.05) is 13.2 Å². The van der Waals surface area contributed by atoms with Crippen LogP contribution >= 0.6 is 0 Å². The zero-order chi connectivity index (χ0) is 13.1. The van der Waals surface area contributed by atoms with E-state index >= 15 is 0 Å². The fourth-order valence-corrected chi connectivity index (χ4v) is 2.32. The summed E-state index contributed by atoms with van der Waals surface area (Å²) in [7, 11) is 0. The molecule has 2 atom stereocenters. The number of carbonyl (C=O) groups is 1. The van der Waals surface area contributed by atoms with E-state index in [1.54, 1.807) is 0 Å². The molecule has 1 saturated heterocycles. The van der Waals surface area contributed by atoms with Crippen molar-refractivity contribution in [1.29, 1.82) is 0 Å². The Kier molecular flexibility index (Phi) is 4.55. The van der Waals surface area contributed by atoms with Gasteiger partial charge < -0.3 is 15.8 Å². The SMILES string of the molecule is CCC1(C)CC(NCC(C)C)(C(N)=O)CCO1. The van der Waals surface area contributed by atoms with E-state index in [9.17, 15) is 4.79 Å². The van der Waals surface area contributed by atoms with E-state index in [1.165, 1.54) is 0 Å². The molecule has 100 valence electrons. The van der Waals surface area contributed by atoms with Gasteiger partial charge in [0.2, 0.25) is 5.91 Å². The molecule has 0 radical (unpaired) electrons. The van der Waals surface area contributed by atoms with E-state index < -0.39 is 5.54 Å². The molecule has 1 rings (SSSR count). The van der Waals surface area contributed by atoms with Gasteiger partial charge in [-0.15, -0.1) is 0 Å². The molecule has 4 nitrogen and oxygen atoms in total. The zero-order valence-corrected chi connectivity index (χ0v) is 11.5. The summed E-state index contributed by atoms with van der Waals surface area (Å²) >= 11 is 0. The minimum atomic E-state index is -0.590. The molecule has 1 amide bonds. The number of nitrogens with two attached hydrogens (primary N) is 1. The fourth-order valence-electron chi connectivity index (χ4n) is 2.32. The van der Waals surface area contributed by atoms with Gasteiger partial charge in [-0.3, -0.25) is 4.79 Å². The first-order valence-electron chi connectivity index (χ1n) is 6.52. The van der Waals surface area contributed by atoms with Gasteiger partial charge >= 0.3 is 0 Å². The molecule has 1 fully saturated rings. The molecule has 0 aromatic carbocycles. The van der Waals surface area contributed by atoms with Crippen molar-refractivity contribution in [2.45, 2.75) is 58.1 Å². The maximum absolute atomic E-state index is 11.8. The molecule has 0 saturated carbocycles. The maximum Gasteiger partial charge on any atom is 0.237 e. The summed E-state index contributed by atoms with van der Waals surface area (Å²) in [5.74, 6) is 0.253. The topological polar surface area (TPSA) is 64.3 Å². The van der Waals surface area contributed by atoms with Gasteiger partial charge in [0, 0.05) is 13.0 Å². The molecule has 0 aliphatic carbocycles. The smallest absolute Gasteiger partial charge is 0.237 e. The highest BCUT2D eigenvalue weighted by Gasteiger charge is 2.46. The predicted molar refractivity (Wildman–Crippen MR) is 68.6 cm³/mol. The van der Waals surface area contributed by atoms with Crippen LogP contribution in [-0.4, -0.2) is 30.2 Å². The normalized spacial score (nSPS) is 33.9. The van der Waals surface area contributed by atoms with Gasteiger partial charge in [0.25, 0.3) is 0 Å². The number of nitrogens with one attached hydrogen (secondary N) is 1. The number of primary amides is 1. The lowest BCUT2D eigenvalue weighted by Crippen LogP contribution is -2.63. The van der Waals surface area contributed by atoms with Crippen LogP contribution in [0.2, 0.25) is 0 Å². The zero-order valence-electron chi connectivity index (χ0n) is 11.5. The first-order valence-corrected chi connectivity index (χ1v) is 6.52. The molecule has 0 aromatic heterocycles. The largest absolute Gasteiger partial charge is 0.375 e. The third-order valence-corrected chi connectivity index (χ3v) is 3.72. The molecule has 0 aromatic rings. The third-order valence-electron chi connectivity index (χ3n) is 3.72. The molecule has 1 heterocycles. The van der Waals surface area contributed by atoms with Crippen molar-refractivity contribution in [3.05, 3.63) is 0 Å². The molecule has 1 aliphatic rings. The van der Waals surface area contributed by atoms with Gasteiger partial charge in [0.1, 0.15) is 5.54 Å². The van der Waals surface area contributed by atoms with Gasteiger partial charge in [-0.2, -0.15) is 0 Å². The van der Waals surface area contributed by atoms with E-state index in [-0.39, 0.29) is 11.5 Å². The Morgan fingerprint density at radius 2 is 2.18 bits per heavy atom. The van der Waals surface area contributed by atoms with Crippen LogP contribution < -0.4 is 11.1 Å². The van der Waals surface area contributed by atoms with Crippen molar-refractivity contribution in [1.82, 2.24) is 5.32 Å². The van der Waals surface area contributed by atoms with Gasteiger partial charge in [-0.1, -0.05) is 20.8 Å². The Labute approximate surface area is 104 Å². The molecule has 2 unspecified atom stereocenters. The lowest BCUT2D eigenvalue weighted by molar-refractivity contribution is -0.141. The van der Waals surface area contributed by atoms with Gasteiger partial charge in [-0.25, -0.2) is 0 Å². The van der Waals surface area contributed by atoms with E-state index in [1.807, 2.05) is 0 Å². The minimum Gasteiger partial charge on any atom is -0.375 e. The van der Waals surface area contributed by atoms with Crippen LogP contribution in [0.3, 0.4) is 0 Å². The Balaban J connectivity index is 2.80. The number of carbonyl (C=O) groups excluding carboxylic acids is 1. The lowest BCUT2D eigenvalue weighted by Gasteiger charge is -2.45. The summed E-state index contributed by atoms with van der Waals surface area (Å²) in [6, 6.07) is 0. The van der Waals surface area contributed by atoms with Crippen LogP contribution in [0, 0.1) is 5.92 Å². The number of hydrogen-bond donors (Lipinski definition) is 2. The van der Waals surface area contributed by atoms with Crippen LogP contribution in [-0.2, 0) is 9.53 Å². The number of amides is 1. The van der Waals surface area contributed by atoms with Crippen LogP contribution in [0.1, 0.15) is 47.0 Å². The highest BCUT2D eigenvalue weighted by molar-refractivity contribution is 5.85. The van der Waals surface area contributed by atoms with E-state index in [0.717, 1.165) is 13.0 Å². The molecule has 4 heteroatoms. The summed E-state index contributed by atoms with van der Waals surface area (Å²) in [5, 5.41) is 3.37. The van der Waals surface area contributed by atoms with Crippen molar-refractivity contribution in [2.24, 2.45) is 11.7 Å². The molecule has 17 heavy (non-hydrogen) atoms. The molecular weight excluding hydrogens is 216 g/mol. The molecule has 0 spiro atoms. The molecular formula is C13H26N2O2. The van der Waals surface area contributed by atoms with Crippen LogP contribution in [0.4, 0.5) is 0 Å². The molecule has 0 bridgehead atoms. The van der Waals surface area contributed by atoms with Crippen molar-refractivity contribution in [3.8, 4) is 0 Å². The second kappa shape index (κ2) is 5.36. The number of ether oxygens (including phenoxy) is 1. The van der Waals surface area contributed by atoms with E-state index in [0.29, 0.717) is 25.4 Å². The summed E-state index contributed by atoms with van der Waals surface area (Å²) in [5.41, 5.74) is 4.78. The average molecular weight is 242 g/mol. The summed E-state index contributed by atoms with van der Waals surface area (Å²) in [6.07, 6.45) is 2.23. The Bertz CT molecular complexity index is 281. The van der Waals surface area contributed by atoms with Crippen LogP contribution in [0.15, 0.2) is 0 Å². The first-order chi connectivity index (χ1) is 7.83. The minimum absolute atomic E-state index is 0.239. The fraction of sp³-hybridized carbons (Fsp3) is 0.923. The van der Waals surface area contributed by atoms with Gasteiger partial charge in [-0.05, 0) is 32.2 Å². The first kappa shape index (κ1) is 14.5. The van der Waals surface area contributed by atoms with Crippen molar-refractivity contribution in [3.63, 3.8) is 0 Å². The third kappa shape index (κ3) is 3.42. The highest BCUT2D eigenvalue weighted by Crippen LogP contribution is 2.34. The van der Waals surface area contributed by atoms with Gasteiger partial charge in [0.15, 0.2) is 0 Å². The monoisotopic (exact) mass is 242 g/mol. The van der Waals surface area contributed by atoms with Crippen molar-refractivity contribution < 1.29 is 9.53 Å². The quantitative estimate of drug-likeness (QED) is 0.766. The predicted octanol–water partition coefficient (Wildman–Crippen LogP) is 1.44. The highest BCUT2D eigenvalue weighted by atomic mass is 16.5. The Morgan fingerprint density at radius 1 is 1.53 bits per heavy atom. The average Bonchev–Trinajstić information content (AvgIpc) is 2.26. The lowest BCUT2D eigenvalue weighted by atomic mass is 9.78. The Hall–Kier alpha value is -0.610. The maximum atomic E-state index is 11.8. The summed E-state index contributed by atoms with van der Waals surface area (Å²) in [4.78, 5) is 11.8. The molecule has 1 aliphatic heterocycles. The Morgan fingerprint density at radius 3 is 2.65 bits per heavy atom. The van der Waals surface area contributed by atoms with Gasteiger partial charge in [0.05, 0.1) is 5.60 Å². The molecule has 3 N–H and O–H groups in total. The standard InChI is InChI=1S/C13H26N2O2/c1-5-12(4)9-13(11(14)16,6-7-17-12)15-8-10(2)3/h10,15H,5-9H2,1-4H3,(H2,14,16). The van der Waals surface area contributed by atoms with Crippen LogP contribution in [0.5, 0.6) is 0 Å².